The molecule has 2 aliphatic heterocycles. The first-order chi connectivity index (χ1) is 12.8. The fourth-order valence-corrected chi connectivity index (χ4v) is 4.62. The number of amides is 2. The third-order valence-corrected chi connectivity index (χ3v) is 6.29. The van der Waals surface area contributed by atoms with Gasteiger partial charge < -0.3 is 19.3 Å². The molecule has 2 amide bonds. The van der Waals surface area contributed by atoms with Crippen LogP contribution in [0.1, 0.15) is 42.6 Å². The summed E-state index contributed by atoms with van der Waals surface area (Å²) in [5.74, 6) is 0.338. The Balaban J connectivity index is 1.57. The largest absolute Gasteiger partial charge is 0.345 e. The number of piperidine rings is 2. The quantitative estimate of drug-likeness (QED) is 0.770. The summed E-state index contributed by atoms with van der Waals surface area (Å²) in [5.41, 5.74) is 0.814. The van der Waals surface area contributed by atoms with Crippen LogP contribution >= 0.6 is 11.6 Å². The van der Waals surface area contributed by atoms with E-state index < -0.39 is 0 Å². The van der Waals surface area contributed by atoms with Crippen LogP contribution in [0.5, 0.6) is 0 Å². The second-order valence-electron chi connectivity index (χ2n) is 8.42. The average Bonchev–Trinajstić information content (AvgIpc) is 2.96. The van der Waals surface area contributed by atoms with Crippen LogP contribution in [0.2, 0.25) is 5.02 Å². The second kappa shape index (κ2) is 8.23. The fraction of sp³-hybridized carbons (Fsp3) is 0.700. The molecule has 2 aliphatic rings. The number of carbonyl (C=O) groups excluding carboxylic acids is 2. The highest BCUT2D eigenvalue weighted by Gasteiger charge is 2.41. The van der Waals surface area contributed by atoms with Gasteiger partial charge in [0.15, 0.2) is 0 Å². The SMILES string of the molecule is CN(C)CCCN1CC2(CCC1=O)CCN(C(=O)c1cc(Cl)cn1C)CC2. The van der Waals surface area contributed by atoms with Crippen LogP contribution in [0, 0.1) is 5.41 Å². The molecule has 6 nitrogen and oxygen atoms in total. The Bertz CT molecular complexity index is 692. The van der Waals surface area contributed by atoms with E-state index in [9.17, 15) is 9.59 Å². The van der Waals surface area contributed by atoms with Gasteiger partial charge >= 0.3 is 0 Å². The van der Waals surface area contributed by atoms with E-state index >= 15 is 0 Å². The Kier molecular flexibility index (Phi) is 6.16. The number of aryl methyl sites for hydroxylation is 1. The zero-order valence-electron chi connectivity index (χ0n) is 16.7. The Morgan fingerprint density at radius 2 is 1.96 bits per heavy atom. The molecule has 1 aromatic rings. The molecule has 0 radical (unpaired) electrons. The van der Waals surface area contributed by atoms with Gasteiger partial charge in [0.1, 0.15) is 5.69 Å². The number of likely N-dealkylation sites (tertiary alicyclic amines) is 2. The van der Waals surface area contributed by atoms with Crippen LogP contribution in [0.15, 0.2) is 12.3 Å². The third kappa shape index (κ3) is 4.66. The average molecular weight is 395 g/mol. The van der Waals surface area contributed by atoms with Crippen LogP contribution in [0.3, 0.4) is 0 Å². The zero-order chi connectivity index (χ0) is 19.6. The van der Waals surface area contributed by atoms with E-state index in [1.807, 2.05) is 11.9 Å². The first-order valence-electron chi connectivity index (χ1n) is 9.83. The van der Waals surface area contributed by atoms with Crippen molar-refractivity contribution in [3.8, 4) is 0 Å². The van der Waals surface area contributed by atoms with Gasteiger partial charge in [-0.3, -0.25) is 9.59 Å². The van der Waals surface area contributed by atoms with Crippen LogP contribution in [-0.4, -0.2) is 77.9 Å². The van der Waals surface area contributed by atoms with Crippen LogP contribution in [-0.2, 0) is 11.8 Å². The fourth-order valence-electron chi connectivity index (χ4n) is 4.37. The van der Waals surface area contributed by atoms with Crippen molar-refractivity contribution < 1.29 is 9.59 Å². The van der Waals surface area contributed by atoms with Gasteiger partial charge in [-0.2, -0.15) is 0 Å². The summed E-state index contributed by atoms with van der Waals surface area (Å²) in [5, 5.41) is 0.591. The molecule has 150 valence electrons. The minimum atomic E-state index is 0.0500. The molecular weight excluding hydrogens is 364 g/mol. The maximum Gasteiger partial charge on any atom is 0.270 e. The Morgan fingerprint density at radius 1 is 1.26 bits per heavy atom. The third-order valence-electron chi connectivity index (χ3n) is 6.08. The van der Waals surface area contributed by atoms with Crippen molar-refractivity contribution >= 4 is 23.4 Å². The molecular formula is C20H31ClN4O2. The highest BCUT2D eigenvalue weighted by atomic mass is 35.5. The van der Waals surface area contributed by atoms with Crippen LogP contribution < -0.4 is 0 Å². The minimum Gasteiger partial charge on any atom is -0.345 e. The van der Waals surface area contributed by atoms with Gasteiger partial charge in [-0.15, -0.1) is 0 Å². The smallest absolute Gasteiger partial charge is 0.270 e. The first-order valence-corrected chi connectivity index (χ1v) is 10.2. The zero-order valence-corrected chi connectivity index (χ0v) is 17.5. The summed E-state index contributed by atoms with van der Waals surface area (Å²) in [7, 11) is 5.97. The Labute approximate surface area is 167 Å². The number of carbonyl (C=O) groups is 2. The molecule has 1 spiro atoms. The lowest BCUT2D eigenvalue weighted by Gasteiger charge is -2.47. The summed E-state index contributed by atoms with van der Waals surface area (Å²) in [4.78, 5) is 31.3. The molecule has 3 heterocycles. The van der Waals surface area contributed by atoms with Crippen molar-refractivity contribution in [1.82, 2.24) is 19.3 Å². The van der Waals surface area contributed by atoms with E-state index in [1.165, 1.54) is 0 Å². The maximum absolute atomic E-state index is 12.8. The second-order valence-corrected chi connectivity index (χ2v) is 8.86. The molecule has 0 aromatic carbocycles. The minimum absolute atomic E-state index is 0.0500. The maximum atomic E-state index is 12.8. The topological polar surface area (TPSA) is 48.8 Å². The molecule has 1 aromatic heterocycles. The normalized spacial score (nSPS) is 20.0. The van der Waals surface area contributed by atoms with Crippen LogP contribution in [0.25, 0.3) is 0 Å². The van der Waals surface area contributed by atoms with E-state index in [1.54, 1.807) is 16.8 Å². The number of rotatable bonds is 5. The van der Waals surface area contributed by atoms with Gasteiger partial charge in [0.05, 0.1) is 5.02 Å². The lowest BCUT2D eigenvalue weighted by atomic mass is 9.72. The summed E-state index contributed by atoms with van der Waals surface area (Å²) in [6.07, 6.45) is 6.30. The summed E-state index contributed by atoms with van der Waals surface area (Å²) in [6.45, 7) is 4.18. The van der Waals surface area contributed by atoms with E-state index in [0.717, 1.165) is 58.4 Å². The van der Waals surface area contributed by atoms with Gasteiger partial charge in [-0.1, -0.05) is 11.6 Å². The highest BCUT2D eigenvalue weighted by molar-refractivity contribution is 6.31. The number of halogens is 1. The van der Waals surface area contributed by atoms with E-state index in [4.69, 9.17) is 11.6 Å². The summed E-state index contributed by atoms with van der Waals surface area (Å²) in [6, 6.07) is 1.74. The van der Waals surface area contributed by atoms with Crippen molar-refractivity contribution in [2.75, 3.05) is 46.8 Å². The number of aromatic nitrogens is 1. The molecule has 7 heteroatoms. The van der Waals surface area contributed by atoms with Crippen molar-refractivity contribution in [3.05, 3.63) is 23.0 Å². The number of hydrogen-bond acceptors (Lipinski definition) is 3. The van der Waals surface area contributed by atoms with Gasteiger partial charge in [0.25, 0.3) is 5.91 Å². The molecule has 0 saturated carbocycles. The number of hydrogen-bond donors (Lipinski definition) is 0. The number of nitrogens with zero attached hydrogens (tertiary/aromatic N) is 4. The van der Waals surface area contributed by atoms with E-state index in [0.29, 0.717) is 17.1 Å². The molecule has 0 bridgehead atoms. The highest BCUT2D eigenvalue weighted by Crippen LogP contribution is 2.40. The van der Waals surface area contributed by atoms with Crippen molar-refractivity contribution in [3.63, 3.8) is 0 Å². The molecule has 0 N–H and O–H groups in total. The molecule has 0 unspecified atom stereocenters. The van der Waals surface area contributed by atoms with Crippen molar-refractivity contribution in [1.29, 1.82) is 0 Å². The van der Waals surface area contributed by atoms with Crippen molar-refractivity contribution in [2.24, 2.45) is 12.5 Å². The molecule has 0 aliphatic carbocycles. The molecule has 0 atom stereocenters. The first kappa shape index (κ1) is 20.2. The van der Waals surface area contributed by atoms with E-state index in [-0.39, 0.29) is 17.2 Å². The Hall–Kier alpha value is -1.53. The predicted octanol–water partition coefficient (Wildman–Crippen LogP) is 2.48. The van der Waals surface area contributed by atoms with Gasteiger partial charge in [-0.05, 0) is 57.8 Å². The monoisotopic (exact) mass is 394 g/mol. The summed E-state index contributed by atoms with van der Waals surface area (Å²) >= 11 is 6.02. The van der Waals surface area contributed by atoms with Gasteiger partial charge in [0, 0.05) is 45.8 Å². The lowest BCUT2D eigenvalue weighted by molar-refractivity contribution is -0.139. The van der Waals surface area contributed by atoms with Gasteiger partial charge in [0.2, 0.25) is 5.91 Å². The van der Waals surface area contributed by atoms with Crippen LogP contribution in [0.4, 0.5) is 0 Å². The van der Waals surface area contributed by atoms with Crippen molar-refractivity contribution in [2.45, 2.75) is 32.1 Å². The Morgan fingerprint density at radius 3 is 2.56 bits per heavy atom. The molecule has 2 saturated heterocycles. The lowest BCUT2D eigenvalue weighted by Crippen LogP contribution is -2.52. The summed E-state index contributed by atoms with van der Waals surface area (Å²) < 4.78 is 1.79. The molecule has 3 rings (SSSR count). The standard InChI is InChI=1S/C20H31ClN4O2/c1-22(2)9-4-10-25-15-20(6-5-18(25)26)7-11-24(12-8-20)19(27)17-13-16(21)14-23(17)3/h13-14H,4-12,15H2,1-3H3. The van der Waals surface area contributed by atoms with E-state index in [2.05, 4.69) is 23.9 Å². The van der Waals surface area contributed by atoms with Gasteiger partial charge in [-0.25, -0.2) is 0 Å². The predicted molar refractivity (Wildman–Crippen MR) is 107 cm³/mol. The molecule has 27 heavy (non-hydrogen) atoms. The molecule has 2 fully saturated rings.